The molecule has 90 valence electrons. The molecule has 0 atom stereocenters. The van der Waals surface area contributed by atoms with Crippen LogP contribution in [0.5, 0.6) is 0 Å². The average Bonchev–Trinajstić information content (AvgIpc) is 2.93. The minimum Gasteiger partial charge on any atom is -0.480 e. The maximum Gasteiger partial charge on any atom is 0.318 e. The molecule has 0 aromatic heterocycles. The largest absolute Gasteiger partial charge is 0.480 e. The molecule has 1 saturated carbocycles. The number of urea groups is 1. The van der Waals surface area contributed by atoms with Crippen LogP contribution >= 0.6 is 0 Å². The second-order valence-electron chi connectivity index (χ2n) is 3.76. The van der Waals surface area contributed by atoms with E-state index in [0.29, 0.717) is 6.54 Å². The van der Waals surface area contributed by atoms with Crippen molar-refractivity contribution < 1.29 is 19.5 Å². The lowest BCUT2D eigenvalue weighted by Gasteiger charge is -2.18. The normalized spacial score (nSPS) is 14.8. The van der Waals surface area contributed by atoms with E-state index in [1.165, 1.54) is 0 Å². The van der Waals surface area contributed by atoms with Gasteiger partial charge in [0.2, 0.25) is 5.91 Å². The summed E-state index contributed by atoms with van der Waals surface area (Å²) < 4.78 is 0. The van der Waals surface area contributed by atoms with Crippen LogP contribution in [0.15, 0.2) is 0 Å². The van der Waals surface area contributed by atoms with Gasteiger partial charge >= 0.3 is 12.0 Å². The second kappa shape index (κ2) is 5.45. The van der Waals surface area contributed by atoms with E-state index in [1.807, 2.05) is 5.32 Å². The van der Waals surface area contributed by atoms with Crippen molar-refractivity contribution in [3.05, 3.63) is 0 Å². The number of rotatable bonds is 6. The first-order valence-corrected chi connectivity index (χ1v) is 5.04. The summed E-state index contributed by atoms with van der Waals surface area (Å²) in [4.78, 5) is 33.7. The summed E-state index contributed by atoms with van der Waals surface area (Å²) in [7, 11) is 0. The Morgan fingerprint density at radius 2 is 2.00 bits per heavy atom. The van der Waals surface area contributed by atoms with Crippen LogP contribution in [-0.2, 0) is 9.59 Å². The van der Waals surface area contributed by atoms with E-state index in [2.05, 4.69) is 0 Å². The standard InChI is InChI=1S/C9H15N3O4/c10-9(16)11-7(13)3-4-12(5-8(14)15)6-1-2-6/h6H,1-5H2,(H,14,15)(H3,10,11,13,16). The van der Waals surface area contributed by atoms with Gasteiger partial charge in [-0.2, -0.15) is 0 Å². The van der Waals surface area contributed by atoms with Crippen molar-refractivity contribution >= 4 is 17.9 Å². The lowest BCUT2D eigenvalue weighted by molar-refractivity contribution is -0.138. The van der Waals surface area contributed by atoms with Crippen molar-refractivity contribution in [2.24, 2.45) is 5.73 Å². The SMILES string of the molecule is NC(=O)NC(=O)CCN(CC(=O)O)C1CC1. The minimum atomic E-state index is -0.915. The topological polar surface area (TPSA) is 113 Å². The van der Waals surface area contributed by atoms with Gasteiger partial charge in [0.15, 0.2) is 0 Å². The van der Waals surface area contributed by atoms with Crippen LogP contribution in [0.2, 0.25) is 0 Å². The Balaban J connectivity index is 2.29. The Bertz CT molecular complexity index is 301. The van der Waals surface area contributed by atoms with E-state index in [1.54, 1.807) is 4.90 Å². The van der Waals surface area contributed by atoms with Crippen molar-refractivity contribution in [2.45, 2.75) is 25.3 Å². The fourth-order valence-electron chi connectivity index (χ4n) is 1.45. The van der Waals surface area contributed by atoms with Crippen LogP contribution in [0.4, 0.5) is 4.79 Å². The number of carbonyl (C=O) groups excluding carboxylic acids is 2. The van der Waals surface area contributed by atoms with E-state index >= 15 is 0 Å². The van der Waals surface area contributed by atoms with Crippen molar-refractivity contribution in [1.82, 2.24) is 10.2 Å². The highest BCUT2D eigenvalue weighted by molar-refractivity contribution is 5.93. The summed E-state index contributed by atoms with van der Waals surface area (Å²) in [5.41, 5.74) is 4.77. The number of nitrogens with one attached hydrogen (secondary N) is 1. The number of carbonyl (C=O) groups is 3. The molecular weight excluding hydrogens is 214 g/mol. The molecule has 0 heterocycles. The van der Waals surface area contributed by atoms with Gasteiger partial charge in [0, 0.05) is 19.0 Å². The summed E-state index contributed by atoms with van der Waals surface area (Å²) in [6, 6.07) is -0.626. The molecule has 1 rings (SSSR count). The first-order chi connectivity index (χ1) is 7.49. The van der Waals surface area contributed by atoms with Crippen molar-refractivity contribution in [2.75, 3.05) is 13.1 Å². The molecular formula is C9H15N3O4. The van der Waals surface area contributed by atoms with E-state index in [9.17, 15) is 14.4 Å². The van der Waals surface area contributed by atoms with Gasteiger partial charge in [-0.05, 0) is 12.8 Å². The van der Waals surface area contributed by atoms with Gasteiger partial charge in [0.05, 0.1) is 6.54 Å². The molecule has 4 N–H and O–H groups in total. The van der Waals surface area contributed by atoms with Gasteiger partial charge in [-0.15, -0.1) is 0 Å². The Labute approximate surface area is 92.6 Å². The Morgan fingerprint density at radius 3 is 2.44 bits per heavy atom. The zero-order valence-electron chi connectivity index (χ0n) is 8.81. The number of hydrogen-bond acceptors (Lipinski definition) is 4. The quantitative estimate of drug-likeness (QED) is 0.547. The predicted octanol–water partition coefficient (Wildman–Crippen LogP) is -0.880. The molecule has 1 aliphatic carbocycles. The fourth-order valence-corrected chi connectivity index (χ4v) is 1.45. The Hall–Kier alpha value is -1.63. The van der Waals surface area contributed by atoms with Crippen molar-refractivity contribution in [3.63, 3.8) is 0 Å². The number of carboxylic acid groups (broad SMARTS) is 1. The number of aliphatic carboxylic acids is 1. The Kier molecular flexibility index (Phi) is 4.24. The van der Waals surface area contributed by atoms with E-state index in [-0.39, 0.29) is 19.0 Å². The second-order valence-corrected chi connectivity index (χ2v) is 3.76. The number of primary amides is 1. The molecule has 0 aromatic carbocycles. The highest BCUT2D eigenvalue weighted by Crippen LogP contribution is 2.26. The monoisotopic (exact) mass is 229 g/mol. The van der Waals surface area contributed by atoms with Crippen LogP contribution in [-0.4, -0.2) is 47.0 Å². The summed E-state index contributed by atoms with van der Waals surface area (Å²) >= 11 is 0. The van der Waals surface area contributed by atoms with Gasteiger partial charge in [0.25, 0.3) is 0 Å². The molecule has 0 bridgehead atoms. The summed E-state index contributed by atoms with van der Waals surface area (Å²) in [6.45, 7) is 0.255. The minimum absolute atomic E-state index is 0.0749. The molecule has 16 heavy (non-hydrogen) atoms. The molecule has 0 unspecified atom stereocenters. The van der Waals surface area contributed by atoms with Crippen molar-refractivity contribution in [3.8, 4) is 0 Å². The zero-order valence-corrected chi connectivity index (χ0v) is 8.81. The third-order valence-electron chi connectivity index (χ3n) is 2.29. The third-order valence-corrected chi connectivity index (χ3v) is 2.29. The molecule has 0 aliphatic heterocycles. The molecule has 0 saturated heterocycles. The highest BCUT2D eigenvalue weighted by atomic mass is 16.4. The maximum atomic E-state index is 11.1. The number of nitrogens with two attached hydrogens (primary N) is 1. The molecule has 7 heteroatoms. The van der Waals surface area contributed by atoms with Crippen LogP contribution in [0.25, 0.3) is 0 Å². The van der Waals surface area contributed by atoms with Gasteiger partial charge < -0.3 is 10.8 Å². The van der Waals surface area contributed by atoms with Crippen LogP contribution in [0.1, 0.15) is 19.3 Å². The lowest BCUT2D eigenvalue weighted by Crippen LogP contribution is -2.39. The van der Waals surface area contributed by atoms with Crippen molar-refractivity contribution in [1.29, 1.82) is 0 Å². The highest BCUT2D eigenvalue weighted by Gasteiger charge is 2.30. The fraction of sp³-hybridized carbons (Fsp3) is 0.667. The van der Waals surface area contributed by atoms with E-state index < -0.39 is 17.9 Å². The molecule has 0 aromatic rings. The summed E-state index contributed by atoms with van der Waals surface area (Å²) in [6.07, 6.45) is 2.00. The van der Waals surface area contributed by atoms with Gasteiger partial charge in [-0.1, -0.05) is 0 Å². The molecule has 7 nitrogen and oxygen atoms in total. The maximum absolute atomic E-state index is 11.1. The van der Waals surface area contributed by atoms with Crippen LogP contribution in [0, 0.1) is 0 Å². The molecule has 3 amide bonds. The van der Waals surface area contributed by atoms with Gasteiger partial charge in [0.1, 0.15) is 0 Å². The van der Waals surface area contributed by atoms with E-state index in [0.717, 1.165) is 12.8 Å². The van der Waals surface area contributed by atoms with Gasteiger partial charge in [-0.3, -0.25) is 19.8 Å². The first-order valence-electron chi connectivity index (χ1n) is 5.04. The summed E-state index contributed by atoms with van der Waals surface area (Å²) in [5.74, 6) is -1.40. The lowest BCUT2D eigenvalue weighted by atomic mass is 10.3. The van der Waals surface area contributed by atoms with E-state index in [4.69, 9.17) is 10.8 Å². The third kappa shape index (κ3) is 4.74. The number of hydrogen-bond donors (Lipinski definition) is 3. The Morgan fingerprint density at radius 1 is 1.38 bits per heavy atom. The zero-order chi connectivity index (χ0) is 12.1. The average molecular weight is 229 g/mol. The number of imide groups is 1. The molecule has 1 aliphatic rings. The molecule has 0 spiro atoms. The van der Waals surface area contributed by atoms with Crippen LogP contribution < -0.4 is 11.1 Å². The number of amides is 3. The van der Waals surface area contributed by atoms with Crippen LogP contribution in [0.3, 0.4) is 0 Å². The number of carboxylic acids is 1. The first kappa shape index (κ1) is 12.4. The summed E-state index contributed by atoms with van der Waals surface area (Å²) in [5, 5.41) is 10.6. The predicted molar refractivity (Wildman–Crippen MR) is 54.6 cm³/mol. The van der Waals surface area contributed by atoms with Gasteiger partial charge in [-0.25, -0.2) is 4.79 Å². The molecule has 1 fully saturated rings. The number of nitrogens with zero attached hydrogens (tertiary/aromatic N) is 1. The molecule has 0 radical (unpaired) electrons. The smallest absolute Gasteiger partial charge is 0.318 e.